The van der Waals surface area contributed by atoms with Crippen LogP contribution in [-0.2, 0) is 6.61 Å². The predicted molar refractivity (Wildman–Crippen MR) is 133 cm³/mol. The molecule has 1 aliphatic heterocycles. The van der Waals surface area contributed by atoms with Gasteiger partial charge in [0.2, 0.25) is 0 Å². The summed E-state index contributed by atoms with van der Waals surface area (Å²) < 4.78 is 13.1. The summed E-state index contributed by atoms with van der Waals surface area (Å²) in [6, 6.07) is 22.2. The normalized spacial score (nSPS) is 15.4. The SMILES string of the molecule is CCOc1cc([C@@H]2NN=C(c3ccccc3)S2)cc(Cl)c1OCc1ccc(I)cc1. The summed E-state index contributed by atoms with van der Waals surface area (Å²) in [5.74, 6) is 1.20. The maximum Gasteiger partial charge on any atom is 0.180 e. The zero-order valence-corrected chi connectivity index (χ0v) is 20.0. The lowest BCUT2D eigenvalue weighted by Crippen LogP contribution is -2.08. The van der Waals surface area contributed by atoms with E-state index in [0.29, 0.717) is 29.7 Å². The van der Waals surface area contributed by atoms with Gasteiger partial charge in [-0.25, -0.2) is 0 Å². The molecule has 0 aromatic heterocycles. The number of hydrogen-bond donors (Lipinski definition) is 1. The second-order valence-corrected chi connectivity index (χ2v) is 9.33. The molecule has 0 spiro atoms. The first-order valence-electron chi connectivity index (χ1n) is 9.53. The Bertz CT molecular complexity index is 1050. The summed E-state index contributed by atoms with van der Waals surface area (Å²) in [6.45, 7) is 2.90. The Balaban J connectivity index is 1.52. The third kappa shape index (κ3) is 5.04. The maximum atomic E-state index is 6.61. The number of ether oxygens (including phenoxy) is 2. The molecule has 0 radical (unpaired) electrons. The van der Waals surface area contributed by atoms with Crippen molar-refractivity contribution >= 4 is 51.0 Å². The molecule has 0 amide bonds. The quantitative estimate of drug-likeness (QED) is 0.336. The highest BCUT2D eigenvalue weighted by atomic mass is 127. The largest absolute Gasteiger partial charge is 0.490 e. The third-order valence-corrected chi connectivity index (χ3v) is 6.63. The molecule has 0 saturated heterocycles. The van der Waals surface area contributed by atoms with E-state index in [9.17, 15) is 0 Å². The van der Waals surface area contributed by atoms with E-state index < -0.39 is 0 Å². The van der Waals surface area contributed by atoms with E-state index in [-0.39, 0.29) is 5.37 Å². The van der Waals surface area contributed by atoms with E-state index in [4.69, 9.17) is 21.1 Å². The van der Waals surface area contributed by atoms with Gasteiger partial charge < -0.3 is 9.47 Å². The highest BCUT2D eigenvalue weighted by Gasteiger charge is 2.25. The van der Waals surface area contributed by atoms with Crippen LogP contribution in [0.3, 0.4) is 0 Å². The molecule has 154 valence electrons. The van der Waals surface area contributed by atoms with Gasteiger partial charge in [-0.2, -0.15) is 5.10 Å². The smallest absolute Gasteiger partial charge is 0.180 e. The number of hydrazone groups is 1. The van der Waals surface area contributed by atoms with Crippen molar-refractivity contribution in [2.75, 3.05) is 6.61 Å². The van der Waals surface area contributed by atoms with Crippen LogP contribution in [0.25, 0.3) is 0 Å². The Morgan fingerprint density at radius 3 is 2.57 bits per heavy atom. The number of rotatable bonds is 7. The second-order valence-electron chi connectivity index (χ2n) is 6.59. The molecule has 0 bridgehead atoms. The standard InChI is InChI=1S/C23H20ClIN2O2S/c1-2-28-20-13-17(23-27-26-22(30-23)16-6-4-3-5-7-16)12-19(24)21(20)29-14-15-8-10-18(25)11-9-15/h3-13,23,27H,2,14H2,1H3/t23-/m1/s1. The molecule has 7 heteroatoms. The number of nitrogens with one attached hydrogen (secondary N) is 1. The van der Waals surface area contributed by atoms with Gasteiger partial charge in [0.25, 0.3) is 0 Å². The second kappa shape index (κ2) is 9.94. The Morgan fingerprint density at radius 1 is 1.07 bits per heavy atom. The van der Waals surface area contributed by atoms with Gasteiger partial charge in [-0.15, -0.1) is 0 Å². The topological polar surface area (TPSA) is 42.8 Å². The summed E-state index contributed by atoms with van der Waals surface area (Å²) >= 11 is 10.6. The van der Waals surface area contributed by atoms with E-state index >= 15 is 0 Å². The molecule has 0 fully saturated rings. The van der Waals surface area contributed by atoms with Crippen LogP contribution in [0.4, 0.5) is 0 Å². The van der Waals surface area contributed by atoms with E-state index in [2.05, 4.69) is 57.4 Å². The van der Waals surface area contributed by atoms with Crippen LogP contribution in [0.2, 0.25) is 5.02 Å². The van der Waals surface area contributed by atoms with Gasteiger partial charge in [-0.3, -0.25) is 5.43 Å². The van der Waals surface area contributed by atoms with Crippen molar-refractivity contribution in [1.82, 2.24) is 5.43 Å². The van der Waals surface area contributed by atoms with Crippen molar-refractivity contribution in [1.29, 1.82) is 0 Å². The van der Waals surface area contributed by atoms with Gasteiger partial charge in [0.05, 0.1) is 11.6 Å². The van der Waals surface area contributed by atoms with Gasteiger partial charge in [0.15, 0.2) is 11.5 Å². The minimum Gasteiger partial charge on any atom is -0.490 e. The predicted octanol–water partition coefficient (Wildman–Crippen LogP) is 6.62. The fraction of sp³-hybridized carbons (Fsp3) is 0.174. The lowest BCUT2D eigenvalue weighted by molar-refractivity contribution is 0.269. The maximum absolute atomic E-state index is 6.61. The van der Waals surface area contributed by atoms with Crippen molar-refractivity contribution in [3.63, 3.8) is 0 Å². The average Bonchev–Trinajstić information content (AvgIpc) is 3.25. The first-order valence-corrected chi connectivity index (χ1v) is 11.9. The molecule has 1 aliphatic rings. The molecular formula is C23H20ClIN2O2S. The van der Waals surface area contributed by atoms with Crippen LogP contribution in [0, 0.1) is 3.57 Å². The van der Waals surface area contributed by atoms with Crippen LogP contribution < -0.4 is 14.9 Å². The van der Waals surface area contributed by atoms with Crippen LogP contribution in [-0.4, -0.2) is 11.7 Å². The number of thioether (sulfide) groups is 1. The van der Waals surface area contributed by atoms with Crippen molar-refractivity contribution in [3.8, 4) is 11.5 Å². The summed E-state index contributed by atoms with van der Waals surface area (Å²) in [5, 5.41) is 5.93. The van der Waals surface area contributed by atoms with Crippen LogP contribution >= 0.6 is 46.0 Å². The first-order chi connectivity index (χ1) is 14.6. The van der Waals surface area contributed by atoms with Crippen molar-refractivity contribution in [2.24, 2.45) is 5.10 Å². The first kappa shape index (κ1) is 21.3. The Labute approximate surface area is 199 Å². The molecule has 4 nitrogen and oxygen atoms in total. The molecule has 1 N–H and O–H groups in total. The van der Waals surface area contributed by atoms with Crippen LogP contribution in [0.5, 0.6) is 11.5 Å². The van der Waals surface area contributed by atoms with Gasteiger partial charge in [0, 0.05) is 9.13 Å². The highest BCUT2D eigenvalue weighted by molar-refractivity contribution is 14.1. The fourth-order valence-corrected chi connectivity index (χ4v) is 4.63. The minimum atomic E-state index is -0.0397. The third-order valence-electron chi connectivity index (χ3n) is 4.46. The molecule has 30 heavy (non-hydrogen) atoms. The molecule has 4 rings (SSSR count). The number of hydrogen-bond acceptors (Lipinski definition) is 5. The monoisotopic (exact) mass is 550 g/mol. The van der Waals surface area contributed by atoms with Crippen molar-refractivity contribution in [2.45, 2.75) is 18.9 Å². The molecule has 3 aromatic carbocycles. The average molecular weight is 551 g/mol. The summed E-state index contributed by atoms with van der Waals surface area (Å²) in [7, 11) is 0. The van der Waals surface area contributed by atoms with Crippen molar-refractivity contribution in [3.05, 3.63) is 92.0 Å². The Kier molecular flexibility index (Phi) is 7.07. The van der Waals surface area contributed by atoms with Crippen LogP contribution in [0.1, 0.15) is 29.0 Å². The van der Waals surface area contributed by atoms with E-state index in [1.165, 1.54) is 3.57 Å². The molecule has 0 unspecified atom stereocenters. The van der Waals surface area contributed by atoms with E-state index in [0.717, 1.165) is 21.7 Å². The van der Waals surface area contributed by atoms with Gasteiger partial charge in [-0.05, 0) is 64.9 Å². The van der Waals surface area contributed by atoms with Gasteiger partial charge in [-0.1, -0.05) is 65.8 Å². The lowest BCUT2D eigenvalue weighted by Gasteiger charge is -2.17. The zero-order chi connectivity index (χ0) is 20.9. The van der Waals surface area contributed by atoms with E-state index in [1.807, 2.05) is 49.4 Å². The number of halogens is 2. The minimum absolute atomic E-state index is 0.0397. The zero-order valence-electron chi connectivity index (χ0n) is 16.3. The Morgan fingerprint density at radius 2 is 1.83 bits per heavy atom. The van der Waals surface area contributed by atoms with Gasteiger partial charge >= 0.3 is 0 Å². The van der Waals surface area contributed by atoms with Gasteiger partial charge in [0.1, 0.15) is 17.0 Å². The number of benzene rings is 3. The van der Waals surface area contributed by atoms with Crippen molar-refractivity contribution < 1.29 is 9.47 Å². The molecular weight excluding hydrogens is 531 g/mol. The molecule has 1 atom stereocenters. The highest BCUT2D eigenvalue weighted by Crippen LogP contribution is 2.42. The summed E-state index contributed by atoms with van der Waals surface area (Å²) in [5.41, 5.74) is 6.35. The molecule has 0 aliphatic carbocycles. The number of nitrogens with zero attached hydrogens (tertiary/aromatic N) is 1. The van der Waals surface area contributed by atoms with Crippen LogP contribution in [0.15, 0.2) is 71.8 Å². The fourth-order valence-electron chi connectivity index (χ4n) is 3.02. The molecule has 0 saturated carbocycles. The lowest BCUT2D eigenvalue weighted by atomic mass is 10.2. The Hall–Kier alpha value is -1.90. The molecule has 1 heterocycles. The summed E-state index contributed by atoms with van der Waals surface area (Å²) in [4.78, 5) is 0. The summed E-state index contributed by atoms with van der Waals surface area (Å²) in [6.07, 6.45) is 0. The van der Waals surface area contributed by atoms with E-state index in [1.54, 1.807) is 11.8 Å². The molecule has 3 aromatic rings.